The van der Waals surface area contributed by atoms with Crippen LogP contribution in [0.4, 0.5) is 5.95 Å². The summed E-state index contributed by atoms with van der Waals surface area (Å²) in [5, 5.41) is 18.8. The Kier molecular flexibility index (Phi) is 2.05. The lowest BCUT2D eigenvalue weighted by Crippen LogP contribution is -2.08. The predicted molar refractivity (Wildman–Crippen MR) is 47.3 cm³/mol. The molecule has 0 radical (unpaired) electrons. The maximum atomic E-state index is 8.56. The van der Waals surface area contributed by atoms with Crippen molar-refractivity contribution in [1.82, 2.24) is 20.2 Å². The number of hydrogen-bond donors (Lipinski definition) is 3. The topological polar surface area (TPSA) is 86.7 Å². The number of aromatic nitrogens is 4. The maximum absolute atomic E-state index is 8.56. The molecule has 0 aliphatic rings. The summed E-state index contributed by atoms with van der Waals surface area (Å²) in [4.78, 5) is 8.14. The van der Waals surface area contributed by atoms with Crippen molar-refractivity contribution >= 4 is 17.0 Å². The van der Waals surface area contributed by atoms with E-state index in [2.05, 4.69) is 25.5 Å². The third-order valence-electron chi connectivity index (χ3n) is 1.59. The molecule has 2 aromatic heterocycles. The molecule has 0 spiro atoms. The Hall–Kier alpha value is -1.69. The summed E-state index contributed by atoms with van der Waals surface area (Å²) >= 11 is 0. The van der Waals surface area contributed by atoms with Gasteiger partial charge in [-0.15, -0.1) is 0 Å². The van der Waals surface area contributed by atoms with E-state index in [9.17, 15) is 0 Å². The van der Waals surface area contributed by atoms with Gasteiger partial charge in [0.25, 0.3) is 0 Å². The van der Waals surface area contributed by atoms with E-state index in [0.717, 1.165) is 5.39 Å². The van der Waals surface area contributed by atoms with Gasteiger partial charge in [0.15, 0.2) is 5.65 Å². The van der Waals surface area contributed by atoms with Gasteiger partial charge in [-0.1, -0.05) is 0 Å². The molecule has 2 heterocycles. The largest absolute Gasteiger partial charge is 0.395 e. The fourth-order valence-corrected chi connectivity index (χ4v) is 0.991. The minimum absolute atomic E-state index is 0.0599. The number of fused-ring (bicyclic) bond motifs is 1. The number of aliphatic hydroxyl groups excluding tert-OH is 1. The van der Waals surface area contributed by atoms with Crippen LogP contribution in [0, 0.1) is 0 Å². The molecular formula is C7H9N5O. The van der Waals surface area contributed by atoms with E-state index in [1.807, 2.05) is 0 Å². The molecule has 13 heavy (non-hydrogen) atoms. The van der Waals surface area contributed by atoms with Crippen LogP contribution >= 0.6 is 0 Å². The minimum Gasteiger partial charge on any atom is -0.395 e. The van der Waals surface area contributed by atoms with Gasteiger partial charge in [-0.25, -0.2) is 4.98 Å². The van der Waals surface area contributed by atoms with Crippen LogP contribution in [0.25, 0.3) is 11.0 Å². The number of aliphatic hydroxyl groups is 1. The van der Waals surface area contributed by atoms with E-state index in [0.29, 0.717) is 18.1 Å². The quantitative estimate of drug-likeness (QED) is 0.605. The van der Waals surface area contributed by atoms with E-state index in [-0.39, 0.29) is 6.61 Å². The van der Waals surface area contributed by atoms with Gasteiger partial charge in [0, 0.05) is 12.7 Å². The Bertz CT molecular complexity index is 398. The van der Waals surface area contributed by atoms with Crippen molar-refractivity contribution in [2.75, 3.05) is 18.5 Å². The lowest BCUT2D eigenvalue weighted by Gasteiger charge is -2.00. The molecule has 6 heteroatoms. The molecule has 0 saturated carbocycles. The number of aromatic amines is 1. The van der Waals surface area contributed by atoms with Gasteiger partial charge in [0.2, 0.25) is 5.95 Å². The molecule has 0 atom stereocenters. The number of anilines is 1. The van der Waals surface area contributed by atoms with Crippen LogP contribution in [0.2, 0.25) is 0 Å². The first-order valence-electron chi connectivity index (χ1n) is 3.91. The average molecular weight is 179 g/mol. The molecule has 0 amide bonds. The van der Waals surface area contributed by atoms with Gasteiger partial charge in [0.1, 0.15) is 0 Å². The highest BCUT2D eigenvalue weighted by Gasteiger charge is 1.99. The van der Waals surface area contributed by atoms with Crippen molar-refractivity contribution in [2.24, 2.45) is 0 Å². The molecule has 68 valence electrons. The van der Waals surface area contributed by atoms with E-state index >= 15 is 0 Å². The molecule has 2 rings (SSSR count). The van der Waals surface area contributed by atoms with Gasteiger partial charge in [-0.05, 0) is 0 Å². The second-order valence-corrected chi connectivity index (χ2v) is 2.52. The van der Waals surface area contributed by atoms with Crippen LogP contribution in [-0.4, -0.2) is 38.4 Å². The smallest absolute Gasteiger partial charge is 0.224 e. The highest BCUT2D eigenvalue weighted by molar-refractivity contribution is 5.73. The zero-order valence-electron chi connectivity index (χ0n) is 6.86. The summed E-state index contributed by atoms with van der Waals surface area (Å²) in [6.45, 7) is 0.504. The van der Waals surface area contributed by atoms with E-state index < -0.39 is 0 Å². The standard InChI is InChI=1S/C7H9N5O/c13-2-1-8-7-9-3-5-4-10-12-6(5)11-7/h3-4,13H,1-2H2,(H2,8,9,10,11,12). The summed E-state index contributed by atoms with van der Waals surface area (Å²) < 4.78 is 0. The first kappa shape index (κ1) is 7.93. The third kappa shape index (κ3) is 1.57. The lowest BCUT2D eigenvalue weighted by atomic mass is 10.4. The van der Waals surface area contributed by atoms with Crippen molar-refractivity contribution in [3.05, 3.63) is 12.4 Å². The molecule has 3 N–H and O–H groups in total. The Labute approximate surface area is 74.0 Å². The average Bonchev–Trinajstić information content (AvgIpc) is 2.61. The Morgan fingerprint density at radius 2 is 2.38 bits per heavy atom. The third-order valence-corrected chi connectivity index (χ3v) is 1.59. The second kappa shape index (κ2) is 3.36. The van der Waals surface area contributed by atoms with Crippen LogP contribution in [0.5, 0.6) is 0 Å². The Morgan fingerprint density at radius 1 is 1.46 bits per heavy atom. The van der Waals surface area contributed by atoms with Crippen LogP contribution in [0.1, 0.15) is 0 Å². The molecule has 0 bridgehead atoms. The molecule has 0 saturated heterocycles. The normalized spacial score (nSPS) is 10.5. The maximum Gasteiger partial charge on any atom is 0.224 e. The van der Waals surface area contributed by atoms with Gasteiger partial charge < -0.3 is 10.4 Å². The van der Waals surface area contributed by atoms with E-state index in [1.165, 1.54) is 0 Å². The number of rotatable bonds is 3. The first-order chi connectivity index (χ1) is 6.40. The highest BCUT2D eigenvalue weighted by atomic mass is 16.3. The summed E-state index contributed by atoms with van der Waals surface area (Å²) in [5.74, 6) is 0.491. The summed E-state index contributed by atoms with van der Waals surface area (Å²) in [6.07, 6.45) is 3.33. The SMILES string of the molecule is OCCNc1ncc2cn[nH]c2n1. The van der Waals surface area contributed by atoms with Crippen molar-refractivity contribution in [1.29, 1.82) is 0 Å². The molecular weight excluding hydrogens is 170 g/mol. The van der Waals surface area contributed by atoms with Crippen LogP contribution in [-0.2, 0) is 0 Å². The molecule has 6 nitrogen and oxygen atoms in total. The van der Waals surface area contributed by atoms with E-state index in [1.54, 1.807) is 12.4 Å². The summed E-state index contributed by atoms with van der Waals surface area (Å²) in [7, 11) is 0. The van der Waals surface area contributed by atoms with Gasteiger partial charge in [0.05, 0.1) is 18.2 Å². The van der Waals surface area contributed by atoms with Crippen molar-refractivity contribution in [2.45, 2.75) is 0 Å². The fraction of sp³-hybridized carbons (Fsp3) is 0.286. The number of nitrogens with zero attached hydrogens (tertiary/aromatic N) is 3. The number of nitrogens with one attached hydrogen (secondary N) is 2. The minimum atomic E-state index is 0.0599. The lowest BCUT2D eigenvalue weighted by molar-refractivity contribution is 0.311. The summed E-state index contributed by atoms with van der Waals surface area (Å²) in [6, 6.07) is 0. The molecule has 0 aliphatic heterocycles. The zero-order chi connectivity index (χ0) is 9.10. The molecule has 0 aliphatic carbocycles. The monoisotopic (exact) mass is 179 g/mol. The van der Waals surface area contributed by atoms with E-state index in [4.69, 9.17) is 5.11 Å². The zero-order valence-corrected chi connectivity index (χ0v) is 6.86. The predicted octanol–water partition coefficient (Wildman–Crippen LogP) is -0.243. The van der Waals surface area contributed by atoms with Crippen LogP contribution in [0.15, 0.2) is 12.4 Å². The number of hydrogen-bond acceptors (Lipinski definition) is 5. The molecule has 0 unspecified atom stereocenters. The second-order valence-electron chi connectivity index (χ2n) is 2.52. The number of H-pyrrole nitrogens is 1. The first-order valence-corrected chi connectivity index (χ1v) is 3.91. The molecule has 2 aromatic rings. The molecule has 0 fully saturated rings. The molecule has 0 aromatic carbocycles. The highest BCUT2D eigenvalue weighted by Crippen LogP contribution is 2.07. The summed E-state index contributed by atoms with van der Waals surface area (Å²) in [5.41, 5.74) is 0.690. The van der Waals surface area contributed by atoms with Crippen LogP contribution in [0.3, 0.4) is 0 Å². The van der Waals surface area contributed by atoms with Gasteiger partial charge in [-0.3, -0.25) is 5.10 Å². The Morgan fingerprint density at radius 3 is 3.23 bits per heavy atom. The van der Waals surface area contributed by atoms with Gasteiger partial charge >= 0.3 is 0 Å². The fourth-order valence-electron chi connectivity index (χ4n) is 0.991. The van der Waals surface area contributed by atoms with Crippen molar-refractivity contribution in [3.8, 4) is 0 Å². The van der Waals surface area contributed by atoms with Crippen molar-refractivity contribution in [3.63, 3.8) is 0 Å². The van der Waals surface area contributed by atoms with Gasteiger partial charge in [-0.2, -0.15) is 10.1 Å². The van der Waals surface area contributed by atoms with Crippen molar-refractivity contribution < 1.29 is 5.11 Å². The van der Waals surface area contributed by atoms with Crippen LogP contribution < -0.4 is 5.32 Å². The Balaban J connectivity index is 2.26.